The molecular weight excluding hydrogens is 248 g/mol. The minimum absolute atomic E-state index is 0.207. The van der Waals surface area contributed by atoms with Gasteiger partial charge in [0.15, 0.2) is 0 Å². The summed E-state index contributed by atoms with van der Waals surface area (Å²) < 4.78 is 4.92. The zero-order valence-corrected chi connectivity index (χ0v) is 11.4. The molecule has 0 aliphatic carbocycles. The van der Waals surface area contributed by atoms with Crippen LogP contribution in [-0.2, 0) is 9.53 Å². The van der Waals surface area contributed by atoms with Gasteiger partial charge in [-0.05, 0) is 31.9 Å². The van der Waals surface area contributed by atoms with Crippen molar-refractivity contribution in [1.29, 1.82) is 5.26 Å². The van der Waals surface area contributed by atoms with Gasteiger partial charge in [0.05, 0.1) is 12.2 Å². The predicted molar refractivity (Wildman–Crippen MR) is 68.4 cm³/mol. The summed E-state index contributed by atoms with van der Waals surface area (Å²) in [6.07, 6.45) is 0.683. The SMILES string of the molecule is Cc1nc(S[C@@H]2CCOC2=O)c(C#N)c(C)c1C. The zero-order chi connectivity index (χ0) is 13.3. The molecule has 18 heavy (non-hydrogen) atoms. The lowest BCUT2D eigenvalue weighted by molar-refractivity contribution is -0.137. The van der Waals surface area contributed by atoms with Crippen LogP contribution in [0.3, 0.4) is 0 Å². The normalized spacial score (nSPS) is 18.6. The number of thioether (sulfide) groups is 1. The van der Waals surface area contributed by atoms with E-state index in [2.05, 4.69) is 11.1 Å². The van der Waals surface area contributed by atoms with E-state index in [1.54, 1.807) is 0 Å². The molecular formula is C13H14N2O2S. The molecule has 4 nitrogen and oxygen atoms in total. The number of pyridine rings is 1. The first-order valence-corrected chi connectivity index (χ1v) is 6.63. The molecule has 5 heteroatoms. The maximum absolute atomic E-state index is 11.5. The fraction of sp³-hybridized carbons (Fsp3) is 0.462. The predicted octanol–water partition coefficient (Wildman–Crippen LogP) is 2.29. The molecule has 1 atom stereocenters. The first kappa shape index (κ1) is 12.9. The van der Waals surface area contributed by atoms with E-state index >= 15 is 0 Å². The number of aromatic nitrogens is 1. The van der Waals surface area contributed by atoms with Crippen LogP contribution in [0.25, 0.3) is 0 Å². The Morgan fingerprint density at radius 3 is 2.67 bits per heavy atom. The number of nitrogens with zero attached hydrogens (tertiary/aromatic N) is 2. The molecule has 0 aromatic carbocycles. The lowest BCUT2D eigenvalue weighted by Crippen LogP contribution is -2.11. The van der Waals surface area contributed by atoms with E-state index in [1.165, 1.54) is 11.8 Å². The fourth-order valence-corrected chi connectivity index (χ4v) is 3.00. The van der Waals surface area contributed by atoms with Crippen LogP contribution in [0.1, 0.15) is 28.8 Å². The molecule has 1 aromatic heterocycles. The summed E-state index contributed by atoms with van der Waals surface area (Å²) in [5, 5.41) is 9.65. The maximum atomic E-state index is 11.5. The minimum atomic E-state index is -0.230. The van der Waals surface area contributed by atoms with E-state index in [-0.39, 0.29) is 11.2 Å². The molecule has 2 heterocycles. The molecule has 0 amide bonds. The van der Waals surface area contributed by atoms with E-state index in [0.29, 0.717) is 23.6 Å². The molecule has 1 saturated heterocycles. The first-order valence-electron chi connectivity index (χ1n) is 5.75. The van der Waals surface area contributed by atoms with Gasteiger partial charge in [-0.25, -0.2) is 4.98 Å². The third kappa shape index (κ3) is 2.21. The summed E-state index contributed by atoms with van der Waals surface area (Å²) in [5.74, 6) is -0.207. The van der Waals surface area contributed by atoms with Crippen molar-refractivity contribution in [3.8, 4) is 6.07 Å². The highest BCUT2D eigenvalue weighted by Gasteiger charge is 2.29. The van der Waals surface area contributed by atoms with Gasteiger partial charge in [0.1, 0.15) is 16.3 Å². The van der Waals surface area contributed by atoms with Crippen LogP contribution < -0.4 is 0 Å². The zero-order valence-electron chi connectivity index (χ0n) is 10.6. The first-order chi connectivity index (χ1) is 8.54. The molecule has 1 aliphatic heterocycles. The Kier molecular flexibility index (Phi) is 3.58. The molecule has 2 rings (SSSR count). The summed E-state index contributed by atoms with van der Waals surface area (Å²) >= 11 is 1.34. The fourth-order valence-electron chi connectivity index (χ4n) is 1.85. The maximum Gasteiger partial charge on any atom is 0.319 e. The number of esters is 1. The van der Waals surface area contributed by atoms with Gasteiger partial charge < -0.3 is 4.74 Å². The number of cyclic esters (lactones) is 1. The Balaban J connectivity index is 2.39. The van der Waals surface area contributed by atoms with E-state index in [4.69, 9.17) is 4.74 Å². The second kappa shape index (κ2) is 4.99. The lowest BCUT2D eigenvalue weighted by atomic mass is 10.1. The van der Waals surface area contributed by atoms with Crippen molar-refractivity contribution in [2.24, 2.45) is 0 Å². The average molecular weight is 262 g/mol. The summed E-state index contributed by atoms with van der Waals surface area (Å²) in [5.41, 5.74) is 3.45. The second-order valence-corrected chi connectivity index (χ2v) is 5.49. The van der Waals surface area contributed by atoms with Crippen LogP contribution in [-0.4, -0.2) is 22.8 Å². The summed E-state index contributed by atoms with van der Waals surface area (Å²) in [6.45, 7) is 6.25. The second-order valence-electron chi connectivity index (χ2n) is 4.30. The summed E-state index contributed by atoms with van der Waals surface area (Å²) in [6, 6.07) is 2.19. The van der Waals surface area contributed by atoms with Crippen molar-refractivity contribution in [3.63, 3.8) is 0 Å². The van der Waals surface area contributed by atoms with Crippen molar-refractivity contribution in [2.45, 2.75) is 37.5 Å². The number of carbonyl (C=O) groups is 1. The van der Waals surface area contributed by atoms with Crippen LogP contribution in [0.4, 0.5) is 0 Å². The molecule has 1 aromatic rings. The lowest BCUT2D eigenvalue weighted by Gasteiger charge is -2.12. The standard InChI is InChI=1S/C13H14N2O2S/c1-7-8(2)10(6-14)12(15-9(7)3)18-11-4-5-17-13(11)16/h11H,4-5H2,1-3H3/t11-/m1/s1. The number of nitriles is 1. The van der Waals surface area contributed by atoms with E-state index < -0.39 is 0 Å². The van der Waals surface area contributed by atoms with Crippen molar-refractivity contribution in [1.82, 2.24) is 4.98 Å². The third-order valence-electron chi connectivity index (χ3n) is 3.22. The van der Waals surface area contributed by atoms with Crippen LogP contribution in [0, 0.1) is 32.1 Å². The average Bonchev–Trinajstić information content (AvgIpc) is 2.73. The van der Waals surface area contributed by atoms with Gasteiger partial charge in [0.25, 0.3) is 0 Å². The topological polar surface area (TPSA) is 63.0 Å². The quantitative estimate of drug-likeness (QED) is 0.765. The van der Waals surface area contributed by atoms with Gasteiger partial charge in [-0.2, -0.15) is 5.26 Å². The molecule has 0 bridgehead atoms. The largest absolute Gasteiger partial charge is 0.465 e. The van der Waals surface area contributed by atoms with Gasteiger partial charge in [-0.3, -0.25) is 4.79 Å². The van der Waals surface area contributed by atoms with Crippen molar-refractivity contribution >= 4 is 17.7 Å². The van der Waals surface area contributed by atoms with Gasteiger partial charge in [0.2, 0.25) is 0 Å². The van der Waals surface area contributed by atoms with Crippen LogP contribution in [0.2, 0.25) is 0 Å². The van der Waals surface area contributed by atoms with Crippen molar-refractivity contribution in [2.75, 3.05) is 6.61 Å². The van der Waals surface area contributed by atoms with Crippen LogP contribution >= 0.6 is 11.8 Å². The van der Waals surface area contributed by atoms with Gasteiger partial charge in [0, 0.05) is 12.1 Å². The van der Waals surface area contributed by atoms with Crippen LogP contribution in [0.15, 0.2) is 5.03 Å². The number of carbonyl (C=O) groups excluding carboxylic acids is 1. The smallest absolute Gasteiger partial charge is 0.319 e. The Hall–Kier alpha value is -1.54. The van der Waals surface area contributed by atoms with E-state index in [9.17, 15) is 10.1 Å². The molecule has 0 unspecified atom stereocenters. The van der Waals surface area contributed by atoms with E-state index in [0.717, 1.165) is 16.8 Å². The molecule has 0 N–H and O–H groups in total. The monoisotopic (exact) mass is 262 g/mol. The Labute approximate surface area is 110 Å². The van der Waals surface area contributed by atoms with Crippen molar-refractivity contribution < 1.29 is 9.53 Å². The molecule has 0 saturated carbocycles. The molecule has 0 radical (unpaired) electrons. The Morgan fingerprint density at radius 1 is 1.39 bits per heavy atom. The summed E-state index contributed by atoms with van der Waals surface area (Å²) in [7, 11) is 0. The van der Waals surface area contributed by atoms with E-state index in [1.807, 2.05) is 20.8 Å². The highest BCUT2D eigenvalue weighted by Crippen LogP contribution is 2.32. The molecule has 1 aliphatic rings. The third-order valence-corrected chi connectivity index (χ3v) is 4.45. The van der Waals surface area contributed by atoms with Crippen LogP contribution in [0.5, 0.6) is 0 Å². The van der Waals surface area contributed by atoms with Gasteiger partial charge >= 0.3 is 5.97 Å². The molecule has 94 valence electrons. The number of rotatable bonds is 2. The minimum Gasteiger partial charge on any atom is -0.465 e. The van der Waals surface area contributed by atoms with Crippen molar-refractivity contribution in [3.05, 3.63) is 22.4 Å². The Morgan fingerprint density at radius 2 is 2.11 bits per heavy atom. The highest BCUT2D eigenvalue weighted by molar-refractivity contribution is 8.00. The molecule has 1 fully saturated rings. The number of aryl methyl sites for hydroxylation is 1. The number of ether oxygens (including phenoxy) is 1. The highest BCUT2D eigenvalue weighted by atomic mass is 32.2. The summed E-state index contributed by atoms with van der Waals surface area (Å²) in [4.78, 5) is 15.9. The van der Waals surface area contributed by atoms with Gasteiger partial charge in [-0.15, -0.1) is 0 Å². The number of hydrogen-bond acceptors (Lipinski definition) is 5. The van der Waals surface area contributed by atoms with Gasteiger partial charge in [-0.1, -0.05) is 11.8 Å². The Bertz CT molecular complexity index is 549. The number of hydrogen-bond donors (Lipinski definition) is 0. The molecule has 0 spiro atoms.